The van der Waals surface area contributed by atoms with Crippen molar-refractivity contribution in [2.75, 3.05) is 18.4 Å². The second-order valence-corrected chi connectivity index (χ2v) is 14.3. The Morgan fingerprint density at radius 2 is 1.86 bits per heavy atom. The number of nitrogens with zero attached hydrogens (tertiary/aromatic N) is 4. The highest BCUT2D eigenvalue weighted by Gasteiger charge is 2.56. The summed E-state index contributed by atoms with van der Waals surface area (Å²) in [7, 11) is 1.71. The maximum absolute atomic E-state index is 13.3. The smallest absolute Gasteiger partial charge is 0.261 e. The van der Waals surface area contributed by atoms with E-state index in [-0.39, 0.29) is 18.2 Å². The summed E-state index contributed by atoms with van der Waals surface area (Å²) in [5, 5.41) is 8.78. The van der Waals surface area contributed by atoms with Crippen LogP contribution in [0.1, 0.15) is 53.3 Å². The summed E-state index contributed by atoms with van der Waals surface area (Å²) >= 11 is 12.3. The number of piperazine rings is 1. The molecular formula is C33H42Cl2N6O2. The van der Waals surface area contributed by atoms with Crippen LogP contribution in [0, 0.1) is 23.2 Å². The molecule has 4 fully saturated rings. The summed E-state index contributed by atoms with van der Waals surface area (Å²) in [6.45, 7) is 13.5. The minimum absolute atomic E-state index is 0.0855. The Morgan fingerprint density at radius 1 is 1.12 bits per heavy atom. The zero-order chi connectivity index (χ0) is 30.6. The molecule has 2 heterocycles. The van der Waals surface area contributed by atoms with Crippen molar-refractivity contribution in [1.82, 2.24) is 19.8 Å². The topological polar surface area (TPSA) is 83.8 Å². The minimum atomic E-state index is -0.131. The molecule has 3 aromatic rings. The van der Waals surface area contributed by atoms with Crippen LogP contribution in [0.15, 0.2) is 46.2 Å². The van der Waals surface area contributed by atoms with Gasteiger partial charge in [-0.25, -0.2) is 9.98 Å². The molecule has 1 aliphatic heterocycles. The Hall–Kier alpha value is -2.81. The lowest BCUT2D eigenvalue weighted by Gasteiger charge is -2.61. The summed E-state index contributed by atoms with van der Waals surface area (Å²) in [6.07, 6.45) is 2.45. The quantitative estimate of drug-likeness (QED) is 0.255. The average molecular weight is 626 g/mol. The molecule has 2 N–H and O–H groups in total. The number of hydrogen-bond acceptors (Lipinski definition) is 5. The first kappa shape index (κ1) is 30.2. The molecule has 6 atom stereocenters. The highest BCUT2D eigenvalue weighted by Crippen LogP contribution is 2.61. The standard InChI is InChI=1S/C33H42Cl2N6O2/c1-18-15-41(16-19(2)36-18)32(39-27-12-21-11-25(20(27)3)33(21,4)5)37-23-8-9-24-28(14-23)38-30(40(6)31(24)42)17-43-29-10-7-22(34)13-26(29)35/h7-10,13-14,18-21,25,27,36H,11-12,15-17H2,1-6H3,(H,37,39)/t18-,19+,20-,21+,25-,27-/m0/s1. The van der Waals surface area contributed by atoms with E-state index in [0.717, 1.165) is 37.1 Å². The summed E-state index contributed by atoms with van der Waals surface area (Å²) in [6, 6.07) is 11.8. The molecule has 0 spiro atoms. The lowest BCUT2D eigenvalue weighted by Crippen LogP contribution is -2.59. The second kappa shape index (κ2) is 11.6. The number of guanidine groups is 1. The fraction of sp³-hybridized carbons (Fsp3) is 0.545. The van der Waals surface area contributed by atoms with Gasteiger partial charge in [0, 0.05) is 42.9 Å². The third-order valence-corrected chi connectivity index (χ3v) is 10.7. The number of hydrogen-bond donors (Lipinski definition) is 2. The van der Waals surface area contributed by atoms with Gasteiger partial charge >= 0.3 is 0 Å². The van der Waals surface area contributed by atoms with Crippen molar-refractivity contribution in [2.24, 2.45) is 35.2 Å². The molecule has 7 rings (SSSR count). The van der Waals surface area contributed by atoms with Gasteiger partial charge in [0.25, 0.3) is 5.56 Å². The Balaban J connectivity index is 1.30. The Morgan fingerprint density at radius 3 is 2.53 bits per heavy atom. The fourth-order valence-corrected chi connectivity index (χ4v) is 7.99. The van der Waals surface area contributed by atoms with Crippen molar-refractivity contribution in [2.45, 2.75) is 72.2 Å². The predicted octanol–water partition coefficient (Wildman–Crippen LogP) is 6.34. The molecule has 4 aliphatic rings. The van der Waals surface area contributed by atoms with E-state index in [1.165, 1.54) is 11.0 Å². The van der Waals surface area contributed by atoms with E-state index in [0.29, 0.717) is 61.9 Å². The van der Waals surface area contributed by atoms with E-state index in [9.17, 15) is 4.79 Å². The number of rotatable bonds is 5. The number of aromatic nitrogens is 2. The molecule has 3 aliphatic carbocycles. The van der Waals surface area contributed by atoms with Crippen LogP contribution in [-0.2, 0) is 13.7 Å². The molecular weight excluding hydrogens is 583 g/mol. The summed E-state index contributed by atoms with van der Waals surface area (Å²) in [5.74, 6) is 3.86. The van der Waals surface area contributed by atoms with Crippen LogP contribution in [0.5, 0.6) is 5.75 Å². The van der Waals surface area contributed by atoms with Crippen molar-refractivity contribution in [3.8, 4) is 5.75 Å². The van der Waals surface area contributed by atoms with E-state index in [2.05, 4.69) is 50.2 Å². The first-order valence-electron chi connectivity index (χ1n) is 15.3. The number of halogens is 2. The van der Waals surface area contributed by atoms with Crippen molar-refractivity contribution >= 4 is 45.8 Å². The molecule has 43 heavy (non-hydrogen) atoms. The lowest BCUT2D eigenvalue weighted by molar-refractivity contribution is -0.108. The molecule has 3 saturated carbocycles. The maximum Gasteiger partial charge on any atom is 0.261 e. The third kappa shape index (κ3) is 5.86. The lowest BCUT2D eigenvalue weighted by atomic mass is 9.45. The molecule has 2 bridgehead atoms. The van der Waals surface area contributed by atoms with Gasteiger partial charge in [0.1, 0.15) is 18.2 Å². The normalized spacial score (nSPS) is 28.5. The van der Waals surface area contributed by atoms with Crippen molar-refractivity contribution in [3.05, 3.63) is 62.6 Å². The van der Waals surface area contributed by atoms with Gasteiger partial charge in [0.2, 0.25) is 0 Å². The van der Waals surface area contributed by atoms with Gasteiger partial charge in [0.15, 0.2) is 5.96 Å². The molecule has 230 valence electrons. The molecule has 1 saturated heterocycles. The molecule has 0 unspecified atom stereocenters. The number of ether oxygens (including phenoxy) is 1. The Bertz CT molecular complexity index is 1610. The monoisotopic (exact) mass is 624 g/mol. The number of benzene rings is 2. The van der Waals surface area contributed by atoms with Crippen molar-refractivity contribution in [3.63, 3.8) is 0 Å². The second-order valence-electron chi connectivity index (χ2n) is 13.5. The van der Waals surface area contributed by atoms with Crippen LogP contribution in [0.3, 0.4) is 0 Å². The first-order chi connectivity index (χ1) is 20.4. The highest BCUT2D eigenvalue weighted by molar-refractivity contribution is 6.35. The number of aliphatic imine (C=N–C) groups is 1. The van der Waals surface area contributed by atoms with Gasteiger partial charge in [0.05, 0.1) is 22.0 Å². The van der Waals surface area contributed by atoms with E-state index < -0.39 is 0 Å². The van der Waals surface area contributed by atoms with Crippen LogP contribution in [0.25, 0.3) is 10.9 Å². The molecule has 2 aromatic carbocycles. The van der Waals surface area contributed by atoms with Gasteiger partial charge in [-0.05, 0) is 86.3 Å². The van der Waals surface area contributed by atoms with Gasteiger partial charge in [-0.2, -0.15) is 0 Å². The number of fused-ring (bicyclic) bond motifs is 3. The summed E-state index contributed by atoms with van der Waals surface area (Å²) in [4.78, 5) is 25.9. The molecule has 0 amide bonds. The SMILES string of the molecule is C[C@@H]1[C@@H](/N=C(/Nc2ccc3c(=O)n(C)c(COc4ccc(Cl)cc4Cl)nc3c2)N2C[C@@H](C)N[C@@H](C)C2)C[C@H]2C[C@@H]1C2(C)C. The summed E-state index contributed by atoms with van der Waals surface area (Å²) < 4.78 is 7.44. The van der Waals surface area contributed by atoms with Crippen LogP contribution in [0.4, 0.5) is 5.69 Å². The van der Waals surface area contributed by atoms with Gasteiger partial charge in [-0.15, -0.1) is 0 Å². The Labute approximate surface area is 263 Å². The van der Waals surface area contributed by atoms with Gasteiger partial charge in [-0.1, -0.05) is 44.0 Å². The first-order valence-corrected chi connectivity index (χ1v) is 16.1. The largest absolute Gasteiger partial charge is 0.484 e. The zero-order valence-corrected chi connectivity index (χ0v) is 27.3. The van der Waals surface area contributed by atoms with Crippen molar-refractivity contribution in [1.29, 1.82) is 0 Å². The molecule has 10 heteroatoms. The molecule has 0 radical (unpaired) electrons. The van der Waals surface area contributed by atoms with Gasteiger partial charge in [-0.3, -0.25) is 9.36 Å². The predicted molar refractivity (Wildman–Crippen MR) is 175 cm³/mol. The van der Waals surface area contributed by atoms with Crippen LogP contribution >= 0.6 is 23.2 Å². The number of nitrogens with one attached hydrogen (secondary N) is 2. The maximum atomic E-state index is 13.3. The van der Waals surface area contributed by atoms with Gasteiger partial charge < -0.3 is 20.3 Å². The zero-order valence-electron chi connectivity index (χ0n) is 25.8. The fourth-order valence-electron chi connectivity index (χ4n) is 7.53. The van der Waals surface area contributed by atoms with Crippen LogP contribution in [-0.4, -0.2) is 51.6 Å². The summed E-state index contributed by atoms with van der Waals surface area (Å²) in [5.41, 5.74) is 1.73. The third-order valence-electron chi connectivity index (χ3n) is 10.1. The van der Waals surface area contributed by atoms with E-state index in [1.54, 1.807) is 25.2 Å². The highest BCUT2D eigenvalue weighted by atomic mass is 35.5. The average Bonchev–Trinajstić information content (AvgIpc) is 2.94. The van der Waals surface area contributed by atoms with E-state index >= 15 is 0 Å². The van der Waals surface area contributed by atoms with E-state index in [4.69, 9.17) is 37.9 Å². The number of anilines is 1. The minimum Gasteiger partial charge on any atom is -0.484 e. The van der Waals surface area contributed by atoms with Crippen molar-refractivity contribution < 1.29 is 4.74 Å². The molecule has 1 aromatic heterocycles. The van der Waals surface area contributed by atoms with E-state index in [1.807, 2.05) is 18.2 Å². The molecule has 8 nitrogen and oxygen atoms in total. The van der Waals surface area contributed by atoms with Crippen LogP contribution in [0.2, 0.25) is 10.0 Å². The Kier molecular flexibility index (Phi) is 8.16. The van der Waals surface area contributed by atoms with Crippen LogP contribution < -0.4 is 20.9 Å².